The zero-order valence-electron chi connectivity index (χ0n) is 11.7. The maximum Gasteiger partial charge on any atom is 0.0113 e. The molecule has 1 aliphatic heterocycles. The summed E-state index contributed by atoms with van der Waals surface area (Å²) in [5.41, 5.74) is 0. The molecule has 0 aromatic rings. The van der Waals surface area contributed by atoms with E-state index >= 15 is 0 Å². The summed E-state index contributed by atoms with van der Waals surface area (Å²) >= 11 is 0. The number of nitrogens with zero attached hydrogens (tertiary/aromatic N) is 3. The van der Waals surface area contributed by atoms with Crippen molar-refractivity contribution in [3.8, 4) is 0 Å². The summed E-state index contributed by atoms with van der Waals surface area (Å²) in [6, 6.07) is 0.732. The fourth-order valence-electron chi connectivity index (χ4n) is 2.16. The highest BCUT2D eigenvalue weighted by Crippen LogP contribution is 2.12. The molecule has 1 heterocycles. The Balaban J connectivity index is 2.23. The van der Waals surface area contributed by atoms with E-state index in [9.17, 15) is 0 Å². The summed E-state index contributed by atoms with van der Waals surface area (Å²) in [5.74, 6) is 0.772. The zero-order valence-corrected chi connectivity index (χ0v) is 11.7. The average Bonchev–Trinajstić information content (AvgIpc) is 2.26. The highest BCUT2D eigenvalue weighted by Gasteiger charge is 2.22. The normalized spacial score (nSPS) is 21.9. The lowest BCUT2D eigenvalue weighted by atomic mass is 10.0. The lowest BCUT2D eigenvalue weighted by molar-refractivity contribution is 0.0807. The van der Waals surface area contributed by atoms with E-state index in [-0.39, 0.29) is 0 Å². The van der Waals surface area contributed by atoms with Gasteiger partial charge in [-0.2, -0.15) is 0 Å². The smallest absolute Gasteiger partial charge is 0.0113 e. The largest absolute Gasteiger partial charge is 0.308 e. The second kappa shape index (κ2) is 6.58. The molecule has 1 saturated heterocycles. The summed E-state index contributed by atoms with van der Waals surface area (Å²) in [6.07, 6.45) is 0. The van der Waals surface area contributed by atoms with Crippen molar-refractivity contribution in [1.82, 2.24) is 14.7 Å². The Morgan fingerprint density at radius 2 is 1.56 bits per heavy atom. The predicted octanol–water partition coefficient (Wildman–Crippen LogP) is 1.21. The number of hydrogen-bond acceptors (Lipinski definition) is 3. The van der Waals surface area contributed by atoms with Crippen LogP contribution in [-0.2, 0) is 0 Å². The number of rotatable bonds is 5. The van der Waals surface area contributed by atoms with E-state index in [1.165, 1.54) is 39.3 Å². The van der Waals surface area contributed by atoms with Gasteiger partial charge in [0.1, 0.15) is 0 Å². The summed E-state index contributed by atoms with van der Waals surface area (Å²) in [7, 11) is 4.30. The Hall–Kier alpha value is -0.120. The number of hydrogen-bond donors (Lipinski definition) is 0. The predicted molar refractivity (Wildman–Crippen MR) is 70.9 cm³/mol. The molecule has 1 atom stereocenters. The Kier molecular flexibility index (Phi) is 5.73. The van der Waals surface area contributed by atoms with Crippen molar-refractivity contribution in [1.29, 1.82) is 0 Å². The summed E-state index contributed by atoms with van der Waals surface area (Å²) in [4.78, 5) is 7.49. The minimum Gasteiger partial charge on any atom is -0.308 e. The van der Waals surface area contributed by atoms with Crippen LogP contribution in [0.2, 0.25) is 0 Å². The van der Waals surface area contributed by atoms with Crippen LogP contribution in [0, 0.1) is 5.92 Å². The van der Waals surface area contributed by atoms with Crippen LogP contribution in [0.1, 0.15) is 20.8 Å². The fourth-order valence-corrected chi connectivity index (χ4v) is 2.16. The number of likely N-dealkylation sites (N-methyl/N-ethyl adjacent to an activating group) is 1. The van der Waals surface area contributed by atoms with Crippen molar-refractivity contribution >= 4 is 0 Å². The van der Waals surface area contributed by atoms with Gasteiger partial charge in [-0.05, 0) is 26.9 Å². The second-order valence-corrected chi connectivity index (χ2v) is 5.67. The van der Waals surface area contributed by atoms with Gasteiger partial charge in [0.05, 0.1) is 0 Å². The molecule has 0 aromatic carbocycles. The maximum atomic E-state index is 2.64. The fraction of sp³-hybridized carbons (Fsp3) is 1.00. The molecule has 0 bridgehead atoms. The first-order valence-corrected chi connectivity index (χ1v) is 6.62. The van der Waals surface area contributed by atoms with Gasteiger partial charge < -0.3 is 4.90 Å². The first-order valence-electron chi connectivity index (χ1n) is 6.62. The molecule has 0 aliphatic carbocycles. The van der Waals surface area contributed by atoms with Gasteiger partial charge in [0.25, 0.3) is 0 Å². The van der Waals surface area contributed by atoms with Crippen molar-refractivity contribution in [3.63, 3.8) is 0 Å². The maximum absolute atomic E-state index is 2.64. The topological polar surface area (TPSA) is 9.72 Å². The van der Waals surface area contributed by atoms with Crippen LogP contribution in [0.5, 0.6) is 0 Å². The number of piperazine rings is 1. The van der Waals surface area contributed by atoms with Gasteiger partial charge >= 0.3 is 0 Å². The van der Waals surface area contributed by atoms with Crippen LogP contribution >= 0.6 is 0 Å². The van der Waals surface area contributed by atoms with E-state index < -0.39 is 0 Å². The van der Waals surface area contributed by atoms with Gasteiger partial charge in [-0.25, -0.2) is 0 Å². The van der Waals surface area contributed by atoms with Crippen LogP contribution in [0.15, 0.2) is 0 Å². The lowest BCUT2D eigenvalue weighted by Crippen LogP contribution is -2.51. The van der Waals surface area contributed by atoms with Crippen molar-refractivity contribution < 1.29 is 0 Å². The Morgan fingerprint density at radius 3 is 2.00 bits per heavy atom. The third kappa shape index (κ3) is 4.40. The second-order valence-electron chi connectivity index (χ2n) is 5.67. The van der Waals surface area contributed by atoms with E-state index in [1.54, 1.807) is 0 Å². The Morgan fingerprint density at radius 1 is 1.00 bits per heavy atom. The van der Waals surface area contributed by atoms with Crippen LogP contribution in [0.4, 0.5) is 0 Å². The molecule has 0 saturated carbocycles. The average molecular weight is 227 g/mol. The molecule has 96 valence electrons. The van der Waals surface area contributed by atoms with Gasteiger partial charge in [-0.3, -0.25) is 9.80 Å². The Bertz CT molecular complexity index is 184. The minimum absolute atomic E-state index is 0.732. The molecule has 1 unspecified atom stereocenters. The van der Waals surface area contributed by atoms with Crippen LogP contribution in [0.3, 0.4) is 0 Å². The first kappa shape index (κ1) is 13.9. The van der Waals surface area contributed by atoms with Crippen molar-refractivity contribution in [2.45, 2.75) is 26.8 Å². The van der Waals surface area contributed by atoms with Crippen LogP contribution in [0.25, 0.3) is 0 Å². The quantitative estimate of drug-likeness (QED) is 0.699. The van der Waals surface area contributed by atoms with Gasteiger partial charge in [-0.1, -0.05) is 13.8 Å². The zero-order chi connectivity index (χ0) is 12.1. The molecule has 1 fully saturated rings. The summed E-state index contributed by atoms with van der Waals surface area (Å²) in [5, 5.41) is 0. The minimum atomic E-state index is 0.732. The van der Waals surface area contributed by atoms with Gasteiger partial charge in [0.15, 0.2) is 0 Å². The SMILES string of the molecule is CC(C)C(C)N1CCN(CCN(C)C)CC1. The molecule has 1 aliphatic rings. The summed E-state index contributed by atoms with van der Waals surface area (Å²) in [6.45, 7) is 14.4. The monoisotopic (exact) mass is 227 g/mol. The molecule has 0 aromatic heterocycles. The Labute approximate surface area is 101 Å². The molecule has 0 N–H and O–H groups in total. The third-order valence-corrected chi connectivity index (χ3v) is 3.81. The molecule has 0 spiro atoms. The van der Waals surface area contributed by atoms with Crippen LogP contribution in [-0.4, -0.2) is 74.1 Å². The first-order chi connectivity index (χ1) is 7.50. The molecule has 1 rings (SSSR count). The molecule has 3 nitrogen and oxygen atoms in total. The molecule has 0 radical (unpaired) electrons. The summed E-state index contributed by atoms with van der Waals surface area (Å²) < 4.78 is 0. The van der Waals surface area contributed by atoms with Gasteiger partial charge in [0.2, 0.25) is 0 Å². The van der Waals surface area contributed by atoms with Gasteiger partial charge in [-0.15, -0.1) is 0 Å². The van der Waals surface area contributed by atoms with E-state index in [0.717, 1.165) is 12.0 Å². The molecular weight excluding hydrogens is 198 g/mol. The molecule has 3 heteroatoms. The van der Waals surface area contributed by atoms with E-state index in [2.05, 4.69) is 49.6 Å². The van der Waals surface area contributed by atoms with Crippen molar-refractivity contribution in [3.05, 3.63) is 0 Å². The highest BCUT2D eigenvalue weighted by molar-refractivity contribution is 4.77. The van der Waals surface area contributed by atoms with E-state index in [4.69, 9.17) is 0 Å². The third-order valence-electron chi connectivity index (χ3n) is 3.81. The highest BCUT2D eigenvalue weighted by atomic mass is 15.3. The molecular formula is C13H29N3. The molecule has 0 amide bonds. The molecule has 16 heavy (non-hydrogen) atoms. The van der Waals surface area contributed by atoms with E-state index in [1.807, 2.05) is 0 Å². The van der Waals surface area contributed by atoms with Gasteiger partial charge in [0, 0.05) is 45.3 Å². The lowest BCUT2D eigenvalue weighted by Gasteiger charge is -2.39. The van der Waals surface area contributed by atoms with Crippen LogP contribution < -0.4 is 0 Å². The standard InChI is InChI=1S/C13H29N3/c1-12(2)13(3)16-10-8-15(9-11-16)7-6-14(4)5/h12-13H,6-11H2,1-5H3. The van der Waals surface area contributed by atoms with Crippen molar-refractivity contribution in [2.75, 3.05) is 53.4 Å². The van der Waals surface area contributed by atoms with Crippen molar-refractivity contribution in [2.24, 2.45) is 5.92 Å². The van der Waals surface area contributed by atoms with E-state index in [0.29, 0.717) is 0 Å².